The zero-order valence-electron chi connectivity index (χ0n) is 14.8. The van der Waals surface area contributed by atoms with Crippen molar-refractivity contribution in [3.63, 3.8) is 0 Å². The predicted molar refractivity (Wildman–Crippen MR) is 106 cm³/mol. The van der Waals surface area contributed by atoms with Crippen LogP contribution in [0.4, 0.5) is 5.13 Å². The minimum atomic E-state index is -0.213. The normalized spacial score (nSPS) is 14.0. The van der Waals surface area contributed by atoms with Gasteiger partial charge in [-0.1, -0.05) is 17.4 Å². The molecule has 4 aromatic rings. The lowest BCUT2D eigenvalue weighted by Crippen LogP contribution is -2.13. The molecule has 136 valence electrons. The molecule has 5 rings (SSSR count). The van der Waals surface area contributed by atoms with Gasteiger partial charge in [-0.3, -0.25) is 14.8 Å². The molecular formula is C18H16N6OS2. The van der Waals surface area contributed by atoms with Crippen molar-refractivity contribution in [2.24, 2.45) is 7.05 Å². The van der Waals surface area contributed by atoms with Crippen molar-refractivity contribution in [2.75, 3.05) is 5.32 Å². The summed E-state index contributed by atoms with van der Waals surface area (Å²) in [6.07, 6.45) is 2.32. The van der Waals surface area contributed by atoms with Gasteiger partial charge in [-0.05, 0) is 37.3 Å². The van der Waals surface area contributed by atoms with Crippen LogP contribution in [-0.2, 0) is 7.05 Å². The monoisotopic (exact) mass is 396 g/mol. The van der Waals surface area contributed by atoms with E-state index >= 15 is 0 Å². The molecule has 9 heteroatoms. The Morgan fingerprint density at radius 2 is 2.19 bits per heavy atom. The number of carbonyl (C=O) groups is 1. The number of fused-ring (bicyclic) bond motifs is 1. The molecule has 1 fully saturated rings. The first kappa shape index (κ1) is 16.5. The summed E-state index contributed by atoms with van der Waals surface area (Å²) >= 11 is 3.05. The number of pyridine rings is 1. The Morgan fingerprint density at radius 1 is 1.33 bits per heavy atom. The number of thiophene rings is 1. The molecule has 4 aromatic heterocycles. The Morgan fingerprint density at radius 3 is 2.93 bits per heavy atom. The highest BCUT2D eigenvalue weighted by Gasteiger charge is 2.28. The Labute approximate surface area is 163 Å². The molecule has 1 aliphatic rings. The SMILES string of the molecule is Cc1nn(C)c2nc(-c3cccs3)cc(C(=O)Nc3nnc(C4CC4)s3)c12. The Hall–Kier alpha value is -2.65. The quantitative estimate of drug-likeness (QED) is 0.564. The van der Waals surface area contributed by atoms with Crippen LogP contribution in [0.1, 0.15) is 39.8 Å². The van der Waals surface area contributed by atoms with Gasteiger partial charge in [-0.25, -0.2) is 4.98 Å². The van der Waals surface area contributed by atoms with Crippen LogP contribution in [-0.4, -0.2) is 30.9 Å². The third kappa shape index (κ3) is 2.92. The fourth-order valence-corrected chi connectivity index (χ4v) is 4.71. The number of hydrogen-bond donors (Lipinski definition) is 1. The molecule has 7 nitrogen and oxygen atoms in total. The lowest BCUT2D eigenvalue weighted by atomic mass is 10.1. The van der Waals surface area contributed by atoms with Crippen molar-refractivity contribution in [1.82, 2.24) is 25.0 Å². The number of amides is 1. The van der Waals surface area contributed by atoms with Crippen LogP contribution in [0, 0.1) is 6.92 Å². The van der Waals surface area contributed by atoms with Crippen LogP contribution in [0.2, 0.25) is 0 Å². The van der Waals surface area contributed by atoms with Crippen molar-refractivity contribution in [1.29, 1.82) is 0 Å². The maximum atomic E-state index is 13.1. The standard InChI is InChI=1S/C18H16N6OS2/c1-9-14-11(16(25)20-18-22-21-17(27-18)10-5-6-10)8-12(13-4-3-7-26-13)19-15(14)24(2)23-9/h3-4,7-8,10H,5-6H2,1-2H3,(H,20,22,25). The molecule has 0 atom stereocenters. The van der Waals surface area contributed by atoms with Crippen LogP contribution in [0.15, 0.2) is 23.6 Å². The van der Waals surface area contributed by atoms with E-state index in [0.717, 1.165) is 39.5 Å². The Kier molecular flexibility index (Phi) is 3.80. The maximum Gasteiger partial charge on any atom is 0.258 e. The van der Waals surface area contributed by atoms with Gasteiger partial charge < -0.3 is 0 Å². The van der Waals surface area contributed by atoms with Gasteiger partial charge in [-0.2, -0.15) is 5.10 Å². The van der Waals surface area contributed by atoms with Crippen molar-refractivity contribution in [2.45, 2.75) is 25.7 Å². The number of hydrogen-bond acceptors (Lipinski definition) is 7. The van der Waals surface area contributed by atoms with Crippen molar-refractivity contribution < 1.29 is 4.79 Å². The summed E-state index contributed by atoms with van der Waals surface area (Å²) in [5.74, 6) is 0.307. The highest BCUT2D eigenvalue weighted by Crippen LogP contribution is 2.42. The minimum Gasteiger partial charge on any atom is -0.296 e. The van der Waals surface area contributed by atoms with Gasteiger partial charge in [0, 0.05) is 13.0 Å². The number of carbonyl (C=O) groups excluding carboxylic acids is 1. The predicted octanol–water partition coefficient (Wildman–Crippen LogP) is 3.99. The first-order valence-corrected chi connectivity index (χ1v) is 10.3. The topological polar surface area (TPSA) is 85.6 Å². The molecule has 0 unspecified atom stereocenters. The van der Waals surface area contributed by atoms with E-state index in [9.17, 15) is 4.79 Å². The van der Waals surface area contributed by atoms with Gasteiger partial charge in [0.1, 0.15) is 5.01 Å². The van der Waals surface area contributed by atoms with Gasteiger partial charge in [0.15, 0.2) is 5.65 Å². The largest absolute Gasteiger partial charge is 0.296 e. The number of rotatable bonds is 4. The van der Waals surface area contributed by atoms with Gasteiger partial charge in [0.25, 0.3) is 5.91 Å². The number of anilines is 1. The molecular weight excluding hydrogens is 380 g/mol. The Bertz CT molecular complexity index is 1160. The highest BCUT2D eigenvalue weighted by molar-refractivity contribution is 7.15. The molecule has 1 amide bonds. The number of aryl methyl sites for hydroxylation is 2. The number of nitrogens with zero attached hydrogens (tertiary/aromatic N) is 5. The van der Waals surface area contributed by atoms with Crippen LogP contribution < -0.4 is 5.32 Å². The van der Waals surface area contributed by atoms with Gasteiger partial charge in [-0.15, -0.1) is 21.5 Å². The average molecular weight is 397 g/mol. The molecule has 0 saturated heterocycles. The van der Waals surface area contributed by atoms with E-state index < -0.39 is 0 Å². The Balaban J connectivity index is 1.58. The van der Waals surface area contributed by atoms with E-state index in [1.807, 2.05) is 37.6 Å². The van der Waals surface area contributed by atoms with Crippen molar-refractivity contribution in [3.8, 4) is 10.6 Å². The van der Waals surface area contributed by atoms with Crippen LogP contribution in [0.5, 0.6) is 0 Å². The van der Waals surface area contributed by atoms with E-state index in [1.54, 1.807) is 16.0 Å². The molecule has 0 radical (unpaired) electrons. The summed E-state index contributed by atoms with van der Waals surface area (Å²) in [4.78, 5) is 18.8. The molecule has 0 aromatic carbocycles. The lowest BCUT2D eigenvalue weighted by Gasteiger charge is -2.07. The first-order chi connectivity index (χ1) is 13.1. The van der Waals surface area contributed by atoms with Gasteiger partial charge in [0.05, 0.1) is 27.2 Å². The molecule has 0 aliphatic heterocycles. The summed E-state index contributed by atoms with van der Waals surface area (Å²) < 4.78 is 1.72. The van der Waals surface area contributed by atoms with Crippen LogP contribution in [0.25, 0.3) is 21.6 Å². The zero-order chi connectivity index (χ0) is 18.5. The van der Waals surface area contributed by atoms with E-state index in [1.165, 1.54) is 11.3 Å². The zero-order valence-corrected chi connectivity index (χ0v) is 16.4. The molecule has 1 N–H and O–H groups in total. The van der Waals surface area contributed by atoms with E-state index in [4.69, 9.17) is 4.98 Å². The number of aromatic nitrogens is 5. The van der Waals surface area contributed by atoms with Gasteiger partial charge in [0.2, 0.25) is 5.13 Å². The minimum absolute atomic E-state index is 0.213. The average Bonchev–Trinajstić information content (AvgIpc) is 3.06. The molecule has 1 aliphatic carbocycles. The number of nitrogens with one attached hydrogen (secondary N) is 1. The molecule has 0 spiro atoms. The fraction of sp³-hybridized carbons (Fsp3) is 0.278. The third-order valence-corrected chi connectivity index (χ3v) is 6.47. The summed E-state index contributed by atoms with van der Waals surface area (Å²) in [6.45, 7) is 1.89. The summed E-state index contributed by atoms with van der Waals surface area (Å²) in [6, 6.07) is 5.80. The second kappa shape index (κ2) is 6.21. The molecule has 4 heterocycles. The van der Waals surface area contributed by atoms with E-state index in [-0.39, 0.29) is 5.91 Å². The molecule has 1 saturated carbocycles. The first-order valence-electron chi connectivity index (χ1n) is 8.63. The lowest BCUT2D eigenvalue weighted by molar-refractivity contribution is 0.102. The van der Waals surface area contributed by atoms with Crippen molar-refractivity contribution >= 4 is 44.7 Å². The van der Waals surface area contributed by atoms with Gasteiger partial charge >= 0.3 is 0 Å². The molecule has 0 bridgehead atoms. The smallest absolute Gasteiger partial charge is 0.258 e. The second-order valence-electron chi connectivity index (χ2n) is 6.61. The van der Waals surface area contributed by atoms with Crippen LogP contribution in [0.3, 0.4) is 0 Å². The van der Waals surface area contributed by atoms with Crippen molar-refractivity contribution in [3.05, 3.63) is 39.8 Å². The highest BCUT2D eigenvalue weighted by atomic mass is 32.1. The fourth-order valence-electron chi connectivity index (χ4n) is 3.12. The van der Waals surface area contributed by atoms with E-state index in [2.05, 4.69) is 20.6 Å². The summed E-state index contributed by atoms with van der Waals surface area (Å²) in [5.41, 5.74) is 2.79. The third-order valence-electron chi connectivity index (χ3n) is 4.57. The van der Waals surface area contributed by atoms with Crippen LogP contribution >= 0.6 is 22.7 Å². The van der Waals surface area contributed by atoms with E-state index in [0.29, 0.717) is 22.3 Å². The maximum absolute atomic E-state index is 13.1. The second-order valence-corrected chi connectivity index (χ2v) is 8.57. The summed E-state index contributed by atoms with van der Waals surface area (Å²) in [7, 11) is 1.84. The molecule has 27 heavy (non-hydrogen) atoms. The summed E-state index contributed by atoms with van der Waals surface area (Å²) in [5, 5.41) is 20.0.